The van der Waals surface area contributed by atoms with Crippen LogP contribution in [0.3, 0.4) is 0 Å². The predicted molar refractivity (Wildman–Crippen MR) is 25.7 cm³/mol. The molecular weight excluding hydrogens is 140 g/mol. The van der Waals surface area contributed by atoms with Crippen LogP contribution in [0.4, 0.5) is 0 Å². The van der Waals surface area contributed by atoms with Crippen molar-refractivity contribution in [2.45, 2.75) is 12.5 Å². The van der Waals surface area contributed by atoms with Gasteiger partial charge in [0.25, 0.3) is 0 Å². The van der Waals surface area contributed by atoms with Gasteiger partial charge in [0, 0.05) is 12.4 Å². The first-order valence-corrected chi connectivity index (χ1v) is 2.44. The van der Waals surface area contributed by atoms with Gasteiger partial charge in [-0.05, 0) is 0 Å². The SMILES string of the molecule is NNC(CC(=O)[O-])C(=O)[O-]. The number of aliphatic carboxylic acids is 2. The molecule has 58 valence electrons. The molecule has 0 fully saturated rings. The summed E-state index contributed by atoms with van der Waals surface area (Å²) in [7, 11) is 0. The molecule has 0 saturated heterocycles. The Kier molecular flexibility index (Phi) is 3.37. The van der Waals surface area contributed by atoms with Gasteiger partial charge in [0.2, 0.25) is 0 Å². The minimum absolute atomic E-state index is 0.696. The van der Waals surface area contributed by atoms with E-state index in [-0.39, 0.29) is 0 Å². The van der Waals surface area contributed by atoms with Gasteiger partial charge in [-0.1, -0.05) is 0 Å². The molecule has 0 aromatic rings. The quantitative estimate of drug-likeness (QED) is 0.306. The summed E-state index contributed by atoms with van der Waals surface area (Å²) in [5, 5.41) is 19.7. The molecule has 1 unspecified atom stereocenters. The normalized spacial score (nSPS) is 12.5. The number of carboxylic acid groups (broad SMARTS) is 2. The van der Waals surface area contributed by atoms with Gasteiger partial charge in [-0.25, -0.2) is 0 Å². The molecule has 3 N–H and O–H groups in total. The van der Waals surface area contributed by atoms with Gasteiger partial charge in [-0.3, -0.25) is 11.3 Å². The Morgan fingerprint density at radius 3 is 2.10 bits per heavy atom. The zero-order chi connectivity index (χ0) is 8.15. The van der Waals surface area contributed by atoms with Crippen molar-refractivity contribution in [3.63, 3.8) is 0 Å². The molecule has 10 heavy (non-hydrogen) atoms. The first-order valence-electron chi connectivity index (χ1n) is 2.44. The number of carbonyl (C=O) groups is 2. The standard InChI is InChI=1S/C4H8N2O4/c5-6-2(4(9)10)1-3(7)8/h2,6H,1,5H2,(H,7,8)(H,9,10)/p-2. The van der Waals surface area contributed by atoms with E-state index in [0.29, 0.717) is 0 Å². The molecule has 1 atom stereocenters. The predicted octanol–water partition coefficient (Wildman–Crippen LogP) is -4.29. The number of carboxylic acids is 2. The fourth-order valence-electron chi connectivity index (χ4n) is 0.377. The molecule has 6 nitrogen and oxygen atoms in total. The van der Waals surface area contributed by atoms with Crippen LogP contribution < -0.4 is 21.5 Å². The van der Waals surface area contributed by atoms with Gasteiger partial charge >= 0.3 is 0 Å². The molecule has 0 spiro atoms. The second-order valence-electron chi connectivity index (χ2n) is 1.61. The lowest BCUT2D eigenvalue weighted by molar-refractivity contribution is -0.317. The topological polar surface area (TPSA) is 118 Å². The van der Waals surface area contributed by atoms with Crippen LogP contribution in [0.1, 0.15) is 6.42 Å². The highest BCUT2D eigenvalue weighted by molar-refractivity contribution is 5.78. The van der Waals surface area contributed by atoms with Crippen LogP contribution in [0.25, 0.3) is 0 Å². The Morgan fingerprint density at radius 1 is 1.50 bits per heavy atom. The third-order valence-corrected chi connectivity index (χ3v) is 0.856. The molecule has 0 heterocycles. The van der Waals surface area contributed by atoms with E-state index in [1.54, 1.807) is 5.43 Å². The van der Waals surface area contributed by atoms with E-state index in [9.17, 15) is 19.8 Å². The van der Waals surface area contributed by atoms with Gasteiger partial charge in [-0.2, -0.15) is 0 Å². The van der Waals surface area contributed by atoms with Crippen LogP contribution in [-0.2, 0) is 9.59 Å². The minimum atomic E-state index is -1.56. The molecule has 0 aliphatic heterocycles. The lowest BCUT2D eigenvalue weighted by atomic mass is 10.2. The molecule has 0 aliphatic rings. The summed E-state index contributed by atoms with van der Waals surface area (Å²) in [4.78, 5) is 19.7. The van der Waals surface area contributed by atoms with Crippen LogP contribution in [0.15, 0.2) is 0 Å². The summed E-state index contributed by atoms with van der Waals surface area (Å²) in [5.74, 6) is 1.60. The maximum atomic E-state index is 9.92. The Bertz CT molecular complexity index is 146. The van der Waals surface area contributed by atoms with Crippen LogP contribution in [0.5, 0.6) is 0 Å². The summed E-state index contributed by atoms with van der Waals surface area (Å²) in [5.41, 5.74) is 1.75. The average Bonchev–Trinajstić information content (AvgIpc) is 1.81. The maximum Gasteiger partial charge on any atom is 0.0657 e. The highest BCUT2D eigenvalue weighted by atomic mass is 16.4. The highest BCUT2D eigenvalue weighted by Gasteiger charge is 2.06. The fraction of sp³-hybridized carbons (Fsp3) is 0.500. The Balaban J connectivity index is 3.83. The van der Waals surface area contributed by atoms with E-state index in [1.165, 1.54) is 0 Å². The smallest absolute Gasteiger partial charge is 0.0657 e. The third kappa shape index (κ3) is 3.00. The number of carbonyl (C=O) groups excluding carboxylic acids is 2. The van der Waals surface area contributed by atoms with E-state index < -0.39 is 24.4 Å². The zero-order valence-corrected chi connectivity index (χ0v) is 4.99. The molecule has 0 aliphatic carbocycles. The third-order valence-electron chi connectivity index (χ3n) is 0.856. The van der Waals surface area contributed by atoms with Crippen molar-refractivity contribution in [3.8, 4) is 0 Å². The molecule has 0 bridgehead atoms. The number of hydrazine groups is 1. The lowest BCUT2D eigenvalue weighted by Gasteiger charge is -2.16. The summed E-state index contributed by atoms with van der Waals surface area (Å²) < 4.78 is 0. The minimum Gasteiger partial charge on any atom is -0.550 e. The van der Waals surface area contributed by atoms with Crippen molar-refractivity contribution in [1.82, 2.24) is 5.43 Å². The van der Waals surface area contributed by atoms with E-state index in [0.717, 1.165) is 0 Å². The van der Waals surface area contributed by atoms with E-state index >= 15 is 0 Å². The summed E-state index contributed by atoms with van der Waals surface area (Å²) in [6, 6.07) is -1.38. The second kappa shape index (κ2) is 3.80. The van der Waals surface area contributed by atoms with E-state index in [4.69, 9.17) is 0 Å². The fourth-order valence-corrected chi connectivity index (χ4v) is 0.377. The number of hydrogen-bond donors (Lipinski definition) is 2. The van der Waals surface area contributed by atoms with Crippen molar-refractivity contribution < 1.29 is 19.8 Å². The van der Waals surface area contributed by atoms with Crippen LogP contribution in [-0.4, -0.2) is 18.0 Å². The van der Waals surface area contributed by atoms with Crippen molar-refractivity contribution in [2.75, 3.05) is 0 Å². The number of nitrogens with one attached hydrogen (secondary N) is 1. The number of nitrogens with two attached hydrogens (primary N) is 1. The van der Waals surface area contributed by atoms with Crippen molar-refractivity contribution in [1.29, 1.82) is 0 Å². The summed E-state index contributed by atoms with van der Waals surface area (Å²) >= 11 is 0. The van der Waals surface area contributed by atoms with Gasteiger partial charge < -0.3 is 19.8 Å². The monoisotopic (exact) mass is 146 g/mol. The van der Waals surface area contributed by atoms with Crippen molar-refractivity contribution >= 4 is 11.9 Å². The van der Waals surface area contributed by atoms with Gasteiger partial charge in [0.05, 0.1) is 12.0 Å². The average molecular weight is 146 g/mol. The van der Waals surface area contributed by atoms with Crippen LogP contribution in [0, 0.1) is 0 Å². The second-order valence-corrected chi connectivity index (χ2v) is 1.61. The highest BCUT2D eigenvalue weighted by Crippen LogP contribution is 1.85. The lowest BCUT2D eigenvalue weighted by Crippen LogP contribution is -2.51. The number of hydrogen-bond acceptors (Lipinski definition) is 6. The summed E-state index contributed by atoms with van der Waals surface area (Å²) in [6.45, 7) is 0. The van der Waals surface area contributed by atoms with E-state index in [1.807, 2.05) is 0 Å². The molecule has 0 aromatic heterocycles. The maximum absolute atomic E-state index is 9.92. The molecule has 0 radical (unpaired) electrons. The molecule has 6 heteroatoms. The summed E-state index contributed by atoms with van der Waals surface area (Å²) in [6.07, 6.45) is -0.696. The first kappa shape index (κ1) is 8.86. The Labute approximate surface area is 56.6 Å². The Morgan fingerprint density at radius 2 is 2.00 bits per heavy atom. The van der Waals surface area contributed by atoms with Crippen LogP contribution >= 0.6 is 0 Å². The van der Waals surface area contributed by atoms with Gasteiger partial charge in [0.1, 0.15) is 0 Å². The number of rotatable bonds is 4. The zero-order valence-electron chi connectivity index (χ0n) is 4.99. The largest absolute Gasteiger partial charge is 0.550 e. The van der Waals surface area contributed by atoms with Gasteiger partial charge in [0.15, 0.2) is 0 Å². The van der Waals surface area contributed by atoms with E-state index in [2.05, 4.69) is 5.84 Å². The first-order chi connectivity index (χ1) is 4.57. The molecular formula is C4H6N2O4-2. The Hall–Kier alpha value is -1.14. The molecule has 0 saturated carbocycles. The van der Waals surface area contributed by atoms with Crippen LogP contribution in [0.2, 0.25) is 0 Å². The molecule has 0 rings (SSSR count). The van der Waals surface area contributed by atoms with Gasteiger partial charge in [-0.15, -0.1) is 0 Å². The van der Waals surface area contributed by atoms with Crippen molar-refractivity contribution in [3.05, 3.63) is 0 Å². The molecule has 0 aromatic carbocycles. The molecule has 0 amide bonds. The van der Waals surface area contributed by atoms with Crippen molar-refractivity contribution in [2.24, 2.45) is 5.84 Å².